The largest absolute Gasteiger partial charge is 0.493 e. The van der Waals surface area contributed by atoms with Gasteiger partial charge in [-0.1, -0.05) is 42.5 Å². The van der Waals surface area contributed by atoms with Crippen LogP contribution in [0.2, 0.25) is 0 Å². The van der Waals surface area contributed by atoms with Crippen molar-refractivity contribution in [2.45, 2.75) is 25.5 Å². The number of amides is 2. The Morgan fingerprint density at radius 2 is 1.64 bits per heavy atom. The van der Waals surface area contributed by atoms with Gasteiger partial charge in [0.25, 0.3) is 0 Å². The van der Waals surface area contributed by atoms with E-state index in [0.29, 0.717) is 11.6 Å². The number of amidine groups is 1. The molecule has 12 heteroatoms. The predicted molar refractivity (Wildman–Crippen MR) is 130 cm³/mol. The normalized spacial score (nSPS) is 15.1. The minimum Gasteiger partial charge on any atom is -0.493 e. The molecule has 204 valence electrons. The van der Waals surface area contributed by atoms with Gasteiger partial charge in [-0.3, -0.25) is 10.3 Å². The first-order valence-corrected chi connectivity index (χ1v) is 11.4. The Bertz CT molecular complexity index is 1420. The second-order valence-electron chi connectivity index (χ2n) is 8.47. The van der Waals surface area contributed by atoms with Crippen molar-refractivity contribution in [2.75, 3.05) is 7.11 Å². The highest BCUT2D eigenvalue weighted by Crippen LogP contribution is 2.38. The number of urea groups is 1. The van der Waals surface area contributed by atoms with Crippen molar-refractivity contribution in [3.05, 3.63) is 100 Å². The zero-order chi connectivity index (χ0) is 28.4. The SMILES string of the molecule is COc1cc(C=C2NC(=O)N(Cc3ccccc3)C2=N)ccc1OCc1ccc(C(F)(F)F)cc1C(F)(F)F. The minimum atomic E-state index is -5.02. The van der Waals surface area contributed by atoms with Crippen molar-refractivity contribution in [2.24, 2.45) is 0 Å². The van der Waals surface area contributed by atoms with Crippen LogP contribution in [0, 0.1) is 5.41 Å². The molecule has 2 amide bonds. The maximum absolute atomic E-state index is 13.4. The maximum atomic E-state index is 13.4. The molecule has 1 saturated heterocycles. The second-order valence-corrected chi connectivity index (χ2v) is 8.47. The number of halogens is 6. The molecule has 0 unspecified atom stereocenters. The van der Waals surface area contributed by atoms with E-state index in [1.165, 1.54) is 36.3 Å². The van der Waals surface area contributed by atoms with Crippen LogP contribution in [0.25, 0.3) is 6.08 Å². The van der Waals surface area contributed by atoms with Crippen LogP contribution in [0.1, 0.15) is 27.8 Å². The number of nitrogens with zero attached hydrogens (tertiary/aromatic N) is 1. The van der Waals surface area contributed by atoms with Crippen LogP contribution < -0.4 is 14.8 Å². The van der Waals surface area contributed by atoms with E-state index in [0.717, 1.165) is 11.6 Å². The summed E-state index contributed by atoms with van der Waals surface area (Å²) in [5.74, 6) is 0.121. The Kier molecular flexibility index (Phi) is 7.57. The van der Waals surface area contributed by atoms with Crippen LogP contribution >= 0.6 is 0 Å². The van der Waals surface area contributed by atoms with Gasteiger partial charge in [-0.05, 0) is 41.5 Å². The summed E-state index contributed by atoms with van der Waals surface area (Å²) in [6.45, 7) is -0.471. The molecule has 39 heavy (non-hydrogen) atoms. The van der Waals surface area contributed by atoms with E-state index >= 15 is 0 Å². The molecular weight excluding hydrogens is 528 g/mol. The molecule has 0 saturated carbocycles. The van der Waals surface area contributed by atoms with Gasteiger partial charge < -0.3 is 14.8 Å². The van der Waals surface area contributed by atoms with Gasteiger partial charge in [-0.15, -0.1) is 0 Å². The van der Waals surface area contributed by atoms with E-state index in [2.05, 4.69) is 5.32 Å². The molecule has 6 nitrogen and oxygen atoms in total. The molecule has 3 aromatic rings. The number of benzene rings is 3. The first-order chi connectivity index (χ1) is 18.4. The lowest BCUT2D eigenvalue weighted by Crippen LogP contribution is -2.29. The van der Waals surface area contributed by atoms with Gasteiger partial charge >= 0.3 is 18.4 Å². The fourth-order valence-electron chi connectivity index (χ4n) is 3.87. The van der Waals surface area contributed by atoms with E-state index < -0.39 is 41.7 Å². The quantitative estimate of drug-likeness (QED) is 0.317. The molecular formula is C27H21F6N3O3. The van der Waals surface area contributed by atoms with Crippen LogP contribution in [0.5, 0.6) is 11.5 Å². The van der Waals surface area contributed by atoms with Crippen molar-refractivity contribution in [3.63, 3.8) is 0 Å². The standard InChI is InChI=1S/C27H21F6N3O3/c1-38-23-12-17(11-21-24(34)36(25(37)35-21)14-16-5-3-2-4-6-16)7-10-22(23)39-15-18-8-9-19(26(28,29)30)13-20(18)27(31,32)33/h2-13,34H,14-15H2,1H3,(H,35,37). The molecule has 0 radical (unpaired) electrons. The number of carbonyl (C=O) groups is 1. The maximum Gasteiger partial charge on any atom is 0.416 e. The van der Waals surface area contributed by atoms with E-state index in [4.69, 9.17) is 14.9 Å². The average Bonchev–Trinajstić information content (AvgIpc) is 3.14. The summed E-state index contributed by atoms with van der Waals surface area (Å²) in [5.41, 5.74) is -1.79. The first kappa shape index (κ1) is 27.6. The summed E-state index contributed by atoms with van der Waals surface area (Å²) in [6, 6.07) is 14.4. The van der Waals surface area contributed by atoms with Crippen molar-refractivity contribution >= 4 is 17.9 Å². The Hall–Kier alpha value is -4.48. The number of methoxy groups -OCH3 is 1. The zero-order valence-electron chi connectivity index (χ0n) is 20.3. The number of nitrogens with one attached hydrogen (secondary N) is 2. The molecule has 3 aromatic carbocycles. The van der Waals surface area contributed by atoms with Crippen LogP contribution in [0.15, 0.2) is 72.4 Å². The first-order valence-electron chi connectivity index (χ1n) is 11.4. The zero-order valence-corrected chi connectivity index (χ0v) is 20.3. The smallest absolute Gasteiger partial charge is 0.416 e. The Morgan fingerprint density at radius 3 is 2.28 bits per heavy atom. The lowest BCUT2D eigenvalue weighted by Gasteiger charge is -2.17. The third-order valence-corrected chi connectivity index (χ3v) is 5.82. The summed E-state index contributed by atoms with van der Waals surface area (Å²) in [6.07, 6.45) is -8.43. The summed E-state index contributed by atoms with van der Waals surface area (Å²) in [5, 5.41) is 11.0. The lowest BCUT2D eigenvalue weighted by atomic mass is 10.0. The lowest BCUT2D eigenvalue weighted by molar-refractivity contribution is -0.143. The predicted octanol–water partition coefficient (Wildman–Crippen LogP) is 6.86. The molecule has 0 bridgehead atoms. The molecule has 1 fully saturated rings. The Morgan fingerprint density at radius 1 is 0.923 bits per heavy atom. The number of rotatable bonds is 7. The van der Waals surface area contributed by atoms with E-state index in [-0.39, 0.29) is 35.6 Å². The van der Waals surface area contributed by atoms with Crippen LogP contribution in [-0.2, 0) is 25.5 Å². The van der Waals surface area contributed by atoms with Crippen molar-refractivity contribution < 1.29 is 40.6 Å². The fourth-order valence-corrected chi connectivity index (χ4v) is 3.87. The molecule has 0 spiro atoms. The van der Waals surface area contributed by atoms with Crippen molar-refractivity contribution in [1.29, 1.82) is 5.41 Å². The average molecular weight is 549 g/mol. The van der Waals surface area contributed by atoms with Crippen molar-refractivity contribution in [3.8, 4) is 11.5 Å². The molecule has 0 atom stereocenters. The van der Waals surface area contributed by atoms with Gasteiger partial charge in [0, 0.05) is 5.56 Å². The number of ether oxygens (including phenoxy) is 2. The highest BCUT2D eigenvalue weighted by Gasteiger charge is 2.38. The van der Waals surface area contributed by atoms with Crippen LogP contribution in [-0.4, -0.2) is 23.9 Å². The van der Waals surface area contributed by atoms with Gasteiger partial charge in [0.2, 0.25) is 0 Å². The third-order valence-electron chi connectivity index (χ3n) is 5.82. The summed E-state index contributed by atoms with van der Waals surface area (Å²) in [7, 11) is 1.30. The Labute approximate surface area is 219 Å². The molecule has 2 N–H and O–H groups in total. The molecule has 0 aliphatic carbocycles. The van der Waals surface area contributed by atoms with Gasteiger partial charge in [-0.2, -0.15) is 26.3 Å². The van der Waals surface area contributed by atoms with E-state index in [9.17, 15) is 31.1 Å². The van der Waals surface area contributed by atoms with Gasteiger partial charge in [0.05, 0.1) is 30.5 Å². The number of hydrogen-bond acceptors (Lipinski definition) is 4. The van der Waals surface area contributed by atoms with Crippen LogP contribution in [0.3, 0.4) is 0 Å². The molecule has 1 aliphatic heterocycles. The third kappa shape index (κ3) is 6.33. The fraction of sp³-hybridized carbons (Fsp3) is 0.185. The highest BCUT2D eigenvalue weighted by atomic mass is 19.4. The molecule has 1 heterocycles. The highest BCUT2D eigenvalue weighted by molar-refractivity contribution is 6.15. The summed E-state index contributed by atoms with van der Waals surface area (Å²) >= 11 is 0. The van der Waals surface area contributed by atoms with Gasteiger partial charge in [0.15, 0.2) is 17.3 Å². The second kappa shape index (κ2) is 10.7. The van der Waals surface area contributed by atoms with E-state index in [1.807, 2.05) is 30.3 Å². The minimum absolute atomic E-state index is 0.0453. The number of hydrogen-bond donors (Lipinski definition) is 2. The molecule has 0 aromatic heterocycles. The topological polar surface area (TPSA) is 74.7 Å². The summed E-state index contributed by atoms with van der Waals surface area (Å²) in [4.78, 5) is 13.7. The molecule has 1 aliphatic rings. The van der Waals surface area contributed by atoms with Gasteiger partial charge in [-0.25, -0.2) is 4.79 Å². The number of carbonyl (C=O) groups excluding carboxylic acids is 1. The van der Waals surface area contributed by atoms with Gasteiger partial charge in [0.1, 0.15) is 6.61 Å². The van der Waals surface area contributed by atoms with E-state index in [1.54, 1.807) is 0 Å². The summed E-state index contributed by atoms with van der Waals surface area (Å²) < 4.78 is 89.8. The van der Waals surface area contributed by atoms with Crippen molar-refractivity contribution in [1.82, 2.24) is 10.2 Å². The van der Waals surface area contributed by atoms with Crippen LogP contribution in [0.4, 0.5) is 31.1 Å². The molecule has 4 rings (SSSR count). The monoisotopic (exact) mass is 549 g/mol. The Balaban J connectivity index is 1.52. The number of alkyl halides is 6.